The van der Waals surface area contributed by atoms with Crippen molar-refractivity contribution >= 4 is 5.69 Å². The van der Waals surface area contributed by atoms with Crippen molar-refractivity contribution in [3.8, 4) is 0 Å². The van der Waals surface area contributed by atoms with Gasteiger partial charge in [-0.05, 0) is 70.8 Å². The smallest absolute Gasteiger partial charge is 0.0407 e. The molecule has 18 heavy (non-hydrogen) atoms. The number of hydrogen-bond donors (Lipinski definition) is 1. The van der Waals surface area contributed by atoms with Gasteiger partial charge in [-0.3, -0.25) is 0 Å². The largest absolute Gasteiger partial charge is 0.366 e. The van der Waals surface area contributed by atoms with Crippen LogP contribution in [0.3, 0.4) is 0 Å². The molecule has 0 bridgehead atoms. The van der Waals surface area contributed by atoms with E-state index in [1.54, 1.807) is 0 Å². The fraction of sp³-hybridized carbons (Fsp3) is 0.625. The van der Waals surface area contributed by atoms with E-state index < -0.39 is 0 Å². The van der Waals surface area contributed by atoms with Crippen molar-refractivity contribution in [1.82, 2.24) is 5.32 Å². The summed E-state index contributed by atoms with van der Waals surface area (Å²) in [5.41, 5.74) is 4.47. The van der Waals surface area contributed by atoms with Gasteiger partial charge in [0, 0.05) is 17.8 Å². The summed E-state index contributed by atoms with van der Waals surface area (Å²) in [5, 5.41) is 3.21. The summed E-state index contributed by atoms with van der Waals surface area (Å²) in [6.45, 7) is 8.01. The lowest BCUT2D eigenvalue weighted by molar-refractivity contribution is 0.605. The van der Waals surface area contributed by atoms with E-state index in [0.717, 1.165) is 6.54 Å². The molecule has 0 aromatic heterocycles. The van der Waals surface area contributed by atoms with E-state index in [9.17, 15) is 0 Å². The average Bonchev–Trinajstić information content (AvgIpc) is 2.64. The van der Waals surface area contributed by atoms with E-state index in [1.807, 2.05) is 7.05 Å². The Bertz CT molecular complexity index is 398. The predicted molar refractivity (Wildman–Crippen MR) is 79.5 cm³/mol. The number of benzene rings is 1. The lowest BCUT2D eigenvalue weighted by Gasteiger charge is -2.29. The highest BCUT2D eigenvalue weighted by Gasteiger charge is 2.27. The predicted octanol–water partition coefficient (Wildman–Crippen LogP) is 3.00. The number of fused-ring (bicyclic) bond motifs is 1. The molecule has 2 nitrogen and oxygen atoms in total. The van der Waals surface area contributed by atoms with Crippen LogP contribution in [0.25, 0.3) is 0 Å². The molecule has 1 unspecified atom stereocenters. The number of anilines is 1. The van der Waals surface area contributed by atoms with Crippen molar-refractivity contribution in [2.24, 2.45) is 0 Å². The maximum Gasteiger partial charge on any atom is 0.0407 e. The first kappa shape index (κ1) is 13.4. The number of aryl methyl sites for hydroxylation is 1. The van der Waals surface area contributed by atoms with Crippen LogP contribution in [-0.2, 0) is 12.8 Å². The first-order chi connectivity index (χ1) is 8.63. The zero-order valence-electron chi connectivity index (χ0n) is 12.2. The molecule has 0 spiro atoms. The summed E-state index contributed by atoms with van der Waals surface area (Å²) in [6, 6.07) is 8.30. The summed E-state index contributed by atoms with van der Waals surface area (Å²) in [4.78, 5) is 2.57. The molecular weight excluding hydrogens is 220 g/mol. The topological polar surface area (TPSA) is 15.3 Å². The highest BCUT2D eigenvalue weighted by Crippen LogP contribution is 2.34. The van der Waals surface area contributed by atoms with Crippen LogP contribution in [0.2, 0.25) is 0 Å². The van der Waals surface area contributed by atoms with Crippen LogP contribution in [0.15, 0.2) is 18.2 Å². The highest BCUT2D eigenvalue weighted by molar-refractivity contribution is 5.61. The van der Waals surface area contributed by atoms with Crippen LogP contribution in [0.4, 0.5) is 5.69 Å². The Morgan fingerprint density at radius 3 is 2.83 bits per heavy atom. The Hall–Kier alpha value is -1.02. The molecule has 2 heteroatoms. The Morgan fingerprint density at radius 2 is 2.17 bits per heavy atom. The Kier molecular flexibility index (Phi) is 4.28. The first-order valence-corrected chi connectivity index (χ1v) is 7.18. The molecular formula is C16H26N2. The van der Waals surface area contributed by atoms with Crippen molar-refractivity contribution in [2.45, 2.75) is 52.1 Å². The molecule has 1 atom stereocenters. The Morgan fingerprint density at radius 1 is 1.39 bits per heavy atom. The third-order valence-electron chi connectivity index (χ3n) is 3.87. The van der Waals surface area contributed by atoms with Gasteiger partial charge in [-0.1, -0.05) is 12.1 Å². The highest BCUT2D eigenvalue weighted by atomic mass is 15.2. The molecule has 1 aliphatic rings. The third kappa shape index (κ3) is 2.69. The quantitative estimate of drug-likeness (QED) is 0.804. The second kappa shape index (κ2) is 5.75. The third-order valence-corrected chi connectivity index (χ3v) is 3.87. The van der Waals surface area contributed by atoms with E-state index in [4.69, 9.17) is 0 Å². The van der Waals surface area contributed by atoms with Crippen LogP contribution in [0.5, 0.6) is 0 Å². The van der Waals surface area contributed by atoms with Crippen molar-refractivity contribution < 1.29 is 0 Å². The standard InChI is InChI=1S/C16H26N2/c1-12(2)18-13(3)10-15-8-7-14(11-16(15)18)6-5-9-17-4/h7-8,11-13,17H,5-6,9-10H2,1-4H3. The van der Waals surface area contributed by atoms with Crippen LogP contribution in [-0.4, -0.2) is 25.7 Å². The van der Waals surface area contributed by atoms with E-state index in [1.165, 1.54) is 36.1 Å². The summed E-state index contributed by atoms with van der Waals surface area (Å²) in [5.74, 6) is 0. The van der Waals surface area contributed by atoms with Gasteiger partial charge in [0.15, 0.2) is 0 Å². The van der Waals surface area contributed by atoms with Gasteiger partial charge in [-0.25, -0.2) is 0 Å². The molecule has 0 fully saturated rings. The maximum absolute atomic E-state index is 3.21. The molecule has 0 saturated carbocycles. The molecule has 0 aliphatic carbocycles. The molecule has 1 aliphatic heterocycles. The van der Waals surface area contributed by atoms with Gasteiger partial charge in [0.2, 0.25) is 0 Å². The summed E-state index contributed by atoms with van der Waals surface area (Å²) in [7, 11) is 2.02. The Labute approximate surface area is 111 Å². The van der Waals surface area contributed by atoms with Crippen molar-refractivity contribution in [3.63, 3.8) is 0 Å². The van der Waals surface area contributed by atoms with Crippen LogP contribution < -0.4 is 10.2 Å². The van der Waals surface area contributed by atoms with E-state index in [2.05, 4.69) is 49.2 Å². The lowest BCUT2D eigenvalue weighted by Crippen LogP contribution is -2.35. The van der Waals surface area contributed by atoms with Gasteiger partial charge < -0.3 is 10.2 Å². The lowest BCUT2D eigenvalue weighted by atomic mass is 10.0. The monoisotopic (exact) mass is 246 g/mol. The molecule has 2 rings (SSSR count). The van der Waals surface area contributed by atoms with Gasteiger partial charge in [-0.2, -0.15) is 0 Å². The average molecular weight is 246 g/mol. The number of hydrogen-bond acceptors (Lipinski definition) is 2. The van der Waals surface area contributed by atoms with Gasteiger partial charge >= 0.3 is 0 Å². The Balaban J connectivity index is 2.15. The second-order valence-corrected chi connectivity index (χ2v) is 5.72. The van der Waals surface area contributed by atoms with E-state index in [-0.39, 0.29) is 0 Å². The zero-order chi connectivity index (χ0) is 13.1. The fourth-order valence-electron chi connectivity index (χ4n) is 3.09. The molecule has 1 heterocycles. The van der Waals surface area contributed by atoms with Crippen LogP contribution in [0, 0.1) is 0 Å². The van der Waals surface area contributed by atoms with E-state index >= 15 is 0 Å². The van der Waals surface area contributed by atoms with Crippen molar-refractivity contribution in [3.05, 3.63) is 29.3 Å². The summed E-state index contributed by atoms with van der Waals surface area (Å²) >= 11 is 0. The SMILES string of the molecule is CNCCCc1ccc2c(c1)N(C(C)C)C(C)C2. The molecule has 1 aromatic rings. The number of nitrogens with zero attached hydrogens (tertiary/aromatic N) is 1. The second-order valence-electron chi connectivity index (χ2n) is 5.72. The molecule has 1 aromatic carbocycles. The molecule has 1 N–H and O–H groups in total. The summed E-state index contributed by atoms with van der Waals surface area (Å²) < 4.78 is 0. The van der Waals surface area contributed by atoms with Crippen LogP contribution >= 0.6 is 0 Å². The molecule has 0 saturated heterocycles. The first-order valence-electron chi connectivity index (χ1n) is 7.18. The maximum atomic E-state index is 3.21. The van der Waals surface area contributed by atoms with Gasteiger partial charge in [-0.15, -0.1) is 0 Å². The minimum absolute atomic E-state index is 0.591. The number of nitrogens with one attached hydrogen (secondary N) is 1. The fourth-order valence-corrected chi connectivity index (χ4v) is 3.09. The molecule has 0 radical (unpaired) electrons. The molecule has 0 amide bonds. The number of rotatable bonds is 5. The van der Waals surface area contributed by atoms with Gasteiger partial charge in [0.25, 0.3) is 0 Å². The van der Waals surface area contributed by atoms with Crippen molar-refractivity contribution in [2.75, 3.05) is 18.5 Å². The summed E-state index contributed by atoms with van der Waals surface area (Å²) in [6.07, 6.45) is 3.59. The van der Waals surface area contributed by atoms with Crippen LogP contribution in [0.1, 0.15) is 38.3 Å². The minimum Gasteiger partial charge on any atom is -0.366 e. The van der Waals surface area contributed by atoms with Gasteiger partial charge in [0.05, 0.1) is 0 Å². The molecule has 100 valence electrons. The van der Waals surface area contributed by atoms with Gasteiger partial charge in [0.1, 0.15) is 0 Å². The van der Waals surface area contributed by atoms with Crippen molar-refractivity contribution in [1.29, 1.82) is 0 Å². The minimum atomic E-state index is 0.591. The van der Waals surface area contributed by atoms with E-state index in [0.29, 0.717) is 12.1 Å². The normalized spacial score (nSPS) is 18.5. The zero-order valence-corrected chi connectivity index (χ0v) is 12.2.